The monoisotopic (exact) mass is 316 g/mol. The molecular weight excluding hydrogens is 296 g/mol. The number of sulfonamides is 1. The van der Waals surface area contributed by atoms with E-state index >= 15 is 0 Å². The lowest BCUT2D eigenvalue weighted by molar-refractivity contribution is 0.0692. The van der Waals surface area contributed by atoms with Gasteiger partial charge in [0.2, 0.25) is 0 Å². The summed E-state index contributed by atoms with van der Waals surface area (Å²) in [4.78, 5) is 13.3. The highest BCUT2D eigenvalue weighted by Crippen LogP contribution is 2.24. The maximum absolute atomic E-state index is 12.5. The zero-order chi connectivity index (χ0) is 15.6. The van der Waals surface area contributed by atoms with E-state index in [-0.39, 0.29) is 16.6 Å². The molecule has 0 aromatic carbocycles. The summed E-state index contributed by atoms with van der Waals surface area (Å²) in [5.41, 5.74) is -0.318. The largest absolute Gasteiger partial charge is 0.478 e. The molecule has 118 valence electrons. The molecule has 8 nitrogen and oxygen atoms in total. The van der Waals surface area contributed by atoms with E-state index in [0.717, 1.165) is 25.7 Å². The fraction of sp³-hybridized carbons (Fsp3) is 0.667. The number of carbonyl (C=O) groups is 1. The zero-order valence-corrected chi connectivity index (χ0v) is 12.9. The molecule has 9 heteroatoms. The van der Waals surface area contributed by atoms with Crippen molar-refractivity contribution >= 4 is 16.0 Å². The fourth-order valence-corrected chi connectivity index (χ4v) is 4.28. The van der Waals surface area contributed by atoms with Crippen LogP contribution in [0.3, 0.4) is 0 Å². The van der Waals surface area contributed by atoms with Gasteiger partial charge in [-0.2, -0.15) is 9.40 Å². The first-order chi connectivity index (χ1) is 9.91. The Bertz CT molecular complexity index is 609. The van der Waals surface area contributed by atoms with Crippen LogP contribution in [-0.2, 0) is 10.0 Å². The number of nitrogens with zero attached hydrogens (tertiary/aromatic N) is 3. The molecule has 2 rings (SSSR count). The summed E-state index contributed by atoms with van der Waals surface area (Å²) in [6, 6.07) is 0.172. The lowest BCUT2D eigenvalue weighted by Gasteiger charge is -2.25. The number of hydrogen-bond donors (Lipinski definition) is 2. The molecule has 1 aromatic rings. The van der Waals surface area contributed by atoms with Gasteiger partial charge in [-0.25, -0.2) is 13.2 Å². The minimum Gasteiger partial charge on any atom is -0.478 e. The Morgan fingerprint density at radius 2 is 2.19 bits per heavy atom. The van der Waals surface area contributed by atoms with E-state index in [1.54, 1.807) is 0 Å². The van der Waals surface area contributed by atoms with Crippen LogP contribution < -0.4 is 0 Å². The molecular formula is C12H20N4O4S. The molecule has 0 amide bonds. The lowest BCUT2D eigenvalue weighted by Crippen LogP contribution is -2.38. The number of hydrogen-bond acceptors (Lipinski definition) is 5. The smallest absolute Gasteiger partial charge is 0.340 e. The predicted molar refractivity (Wildman–Crippen MR) is 75.6 cm³/mol. The van der Waals surface area contributed by atoms with Crippen LogP contribution in [0.2, 0.25) is 0 Å². The number of carboxylic acid groups (broad SMARTS) is 1. The number of aromatic nitrogens is 2. The predicted octanol–water partition coefficient (Wildman–Crippen LogP) is 0.213. The summed E-state index contributed by atoms with van der Waals surface area (Å²) in [6.45, 7) is 6.57. The molecule has 21 heavy (non-hydrogen) atoms. The van der Waals surface area contributed by atoms with E-state index in [9.17, 15) is 13.2 Å². The second-order valence-electron chi connectivity index (χ2n) is 4.94. The van der Waals surface area contributed by atoms with Gasteiger partial charge in [0.25, 0.3) is 10.0 Å². The van der Waals surface area contributed by atoms with E-state index in [1.807, 2.05) is 13.8 Å². The first-order valence-corrected chi connectivity index (χ1v) is 8.36. The van der Waals surface area contributed by atoms with Crippen LogP contribution in [0.5, 0.6) is 0 Å². The van der Waals surface area contributed by atoms with Crippen molar-refractivity contribution in [2.24, 2.45) is 0 Å². The zero-order valence-electron chi connectivity index (χ0n) is 12.1. The Labute approximate surface area is 123 Å². The summed E-state index contributed by atoms with van der Waals surface area (Å²) in [5.74, 6) is -1.30. The van der Waals surface area contributed by atoms with Gasteiger partial charge in [0.05, 0.1) is 6.20 Å². The molecule has 1 aliphatic heterocycles. The fourth-order valence-electron chi connectivity index (χ4n) is 2.72. The third-order valence-electron chi connectivity index (χ3n) is 3.89. The Balaban J connectivity index is 2.22. The van der Waals surface area contributed by atoms with E-state index in [4.69, 9.17) is 5.11 Å². The molecule has 1 fully saturated rings. The van der Waals surface area contributed by atoms with Crippen LogP contribution in [0.15, 0.2) is 11.2 Å². The van der Waals surface area contributed by atoms with Gasteiger partial charge in [0.1, 0.15) is 5.56 Å². The number of H-pyrrole nitrogens is 1. The molecule has 0 radical (unpaired) electrons. The van der Waals surface area contributed by atoms with Gasteiger partial charge >= 0.3 is 5.97 Å². The highest BCUT2D eigenvalue weighted by atomic mass is 32.2. The first-order valence-electron chi connectivity index (χ1n) is 6.92. The lowest BCUT2D eigenvalue weighted by atomic mass is 10.2. The number of nitrogens with one attached hydrogen (secondary N) is 1. The number of likely N-dealkylation sites (N-methyl/N-ethyl adjacent to an activating group) is 1. The maximum atomic E-state index is 12.5. The summed E-state index contributed by atoms with van der Waals surface area (Å²) < 4.78 is 26.4. The van der Waals surface area contributed by atoms with Gasteiger partial charge in [-0.15, -0.1) is 0 Å². The van der Waals surface area contributed by atoms with Crippen LogP contribution in [0.4, 0.5) is 0 Å². The SMILES string of the molecule is CCN(CC)C1CCN(S(=O)(=O)c2[nH]ncc2C(=O)O)C1. The Morgan fingerprint density at radius 1 is 1.52 bits per heavy atom. The molecule has 0 saturated carbocycles. The van der Waals surface area contributed by atoms with Gasteiger partial charge in [-0.05, 0) is 19.5 Å². The van der Waals surface area contributed by atoms with Crippen molar-refractivity contribution in [3.05, 3.63) is 11.8 Å². The summed E-state index contributed by atoms with van der Waals surface area (Å²) in [7, 11) is -3.85. The maximum Gasteiger partial charge on any atom is 0.340 e. The molecule has 0 spiro atoms. The highest BCUT2D eigenvalue weighted by molar-refractivity contribution is 7.89. The van der Waals surface area contributed by atoms with E-state index in [1.165, 1.54) is 4.31 Å². The van der Waals surface area contributed by atoms with Crippen LogP contribution in [-0.4, -0.2) is 71.1 Å². The molecule has 1 atom stereocenters. The standard InChI is InChI=1S/C12H20N4O4S/c1-3-15(4-2)9-5-6-16(8-9)21(19,20)11-10(12(17)18)7-13-14-11/h7,9H,3-6,8H2,1-2H3,(H,13,14)(H,17,18). The first kappa shape index (κ1) is 15.9. The normalized spacial score (nSPS) is 20.2. The quantitative estimate of drug-likeness (QED) is 0.777. The van der Waals surface area contributed by atoms with E-state index in [0.29, 0.717) is 13.1 Å². The molecule has 0 bridgehead atoms. The molecule has 0 aliphatic carbocycles. The minimum atomic E-state index is -3.85. The second kappa shape index (κ2) is 6.12. The average molecular weight is 316 g/mol. The topological polar surface area (TPSA) is 107 Å². The van der Waals surface area contributed by atoms with Crippen molar-refractivity contribution in [1.82, 2.24) is 19.4 Å². The van der Waals surface area contributed by atoms with Gasteiger partial charge in [0.15, 0.2) is 5.03 Å². The Kier molecular flexibility index (Phi) is 4.64. The van der Waals surface area contributed by atoms with Crippen molar-refractivity contribution in [2.45, 2.75) is 31.3 Å². The molecule has 1 unspecified atom stereocenters. The molecule has 1 aromatic heterocycles. The van der Waals surface area contributed by atoms with Crippen molar-refractivity contribution in [1.29, 1.82) is 0 Å². The van der Waals surface area contributed by atoms with Gasteiger partial charge in [-0.1, -0.05) is 13.8 Å². The molecule has 2 heterocycles. The van der Waals surface area contributed by atoms with Crippen molar-refractivity contribution in [3.63, 3.8) is 0 Å². The van der Waals surface area contributed by atoms with E-state index in [2.05, 4.69) is 15.1 Å². The average Bonchev–Trinajstić information content (AvgIpc) is 3.09. The van der Waals surface area contributed by atoms with E-state index < -0.39 is 16.0 Å². The van der Waals surface area contributed by atoms with Crippen LogP contribution in [0.25, 0.3) is 0 Å². The molecule has 1 saturated heterocycles. The van der Waals surface area contributed by atoms with Gasteiger partial charge in [0, 0.05) is 19.1 Å². The van der Waals surface area contributed by atoms with Crippen molar-refractivity contribution in [2.75, 3.05) is 26.2 Å². The van der Waals surface area contributed by atoms with Crippen molar-refractivity contribution in [3.8, 4) is 0 Å². The molecule has 1 aliphatic rings. The Morgan fingerprint density at radius 3 is 2.76 bits per heavy atom. The molecule has 2 N–H and O–H groups in total. The number of carboxylic acids is 1. The minimum absolute atomic E-state index is 0.172. The van der Waals surface area contributed by atoms with Crippen LogP contribution in [0.1, 0.15) is 30.6 Å². The summed E-state index contributed by atoms with van der Waals surface area (Å²) in [5, 5.41) is 14.5. The van der Waals surface area contributed by atoms with Gasteiger partial charge in [-0.3, -0.25) is 10.00 Å². The second-order valence-corrected chi connectivity index (χ2v) is 6.82. The Hall–Kier alpha value is -1.45. The van der Waals surface area contributed by atoms with Crippen LogP contribution in [0, 0.1) is 0 Å². The number of aromatic carboxylic acids is 1. The highest BCUT2D eigenvalue weighted by Gasteiger charge is 2.37. The third kappa shape index (κ3) is 2.94. The number of aromatic amines is 1. The third-order valence-corrected chi connectivity index (χ3v) is 5.73. The summed E-state index contributed by atoms with van der Waals surface area (Å²) in [6.07, 6.45) is 1.77. The number of rotatable bonds is 6. The summed E-state index contributed by atoms with van der Waals surface area (Å²) >= 11 is 0. The van der Waals surface area contributed by atoms with Crippen molar-refractivity contribution < 1.29 is 18.3 Å². The van der Waals surface area contributed by atoms with Gasteiger partial charge < -0.3 is 5.11 Å². The van der Waals surface area contributed by atoms with Crippen LogP contribution >= 0.6 is 0 Å².